The lowest BCUT2D eigenvalue weighted by molar-refractivity contribution is -0.0642. The molecule has 5 nitrogen and oxygen atoms in total. The van der Waals surface area contributed by atoms with Gasteiger partial charge >= 0.3 is 0 Å². The van der Waals surface area contributed by atoms with Crippen molar-refractivity contribution in [3.63, 3.8) is 0 Å². The van der Waals surface area contributed by atoms with Gasteiger partial charge in [0.15, 0.2) is 0 Å². The molecular formula is C16H26N4O. The van der Waals surface area contributed by atoms with E-state index in [1.165, 1.54) is 12.8 Å². The van der Waals surface area contributed by atoms with Crippen molar-refractivity contribution in [2.45, 2.75) is 57.2 Å². The van der Waals surface area contributed by atoms with Crippen LogP contribution in [0.1, 0.15) is 39.5 Å². The number of hydrogen-bond acceptors (Lipinski definition) is 5. The van der Waals surface area contributed by atoms with Gasteiger partial charge in [-0.25, -0.2) is 9.97 Å². The summed E-state index contributed by atoms with van der Waals surface area (Å²) in [4.78, 5) is 11.0. The van der Waals surface area contributed by atoms with Crippen molar-refractivity contribution in [2.75, 3.05) is 24.6 Å². The molecule has 21 heavy (non-hydrogen) atoms. The molecule has 2 fully saturated rings. The summed E-state index contributed by atoms with van der Waals surface area (Å²) in [6.45, 7) is 7.30. The summed E-state index contributed by atoms with van der Waals surface area (Å²) >= 11 is 0. The lowest BCUT2D eigenvalue weighted by atomic mass is 9.92. The highest BCUT2D eigenvalue weighted by atomic mass is 16.5. The van der Waals surface area contributed by atoms with Crippen molar-refractivity contribution in [1.29, 1.82) is 0 Å². The van der Waals surface area contributed by atoms with Gasteiger partial charge in [-0.15, -0.1) is 0 Å². The van der Waals surface area contributed by atoms with Gasteiger partial charge in [0.1, 0.15) is 0 Å². The third kappa shape index (κ3) is 3.92. The van der Waals surface area contributed by atoms with E-state index in [1.807, 2.05) is 18.5 Å². The molecule has 0 aliphatic carbocycles. The third-order valence-electron chi connectivity index (χ3n) is 4.42. The lowest BCUT2D eigenvalue weighted by Gasteiger charge is -2.40. The number of anilines is 1. The molecule has 0 radical (unpaired) electrons. The Morgan fingerprint density at radius 1 is 1.24 bits per heavy atom. The average molecular weight is 290 g/mol. The molecule has 0 spiro atoms. The number of rotatable bonds is 3. The van der Waals surface area contributed by atoms with E-state index >= 15 is 0 Å². The van der Waals surface area contributed by atoms with Crippen LogP contribution in [-0.2, 0) is 4.74 Å². The van der Waals surface area contributed by atoms with Gasteiger partial charge in [-0.2, -0.15) is 0 Å². The topological polar surface area (TPSA) is 50.3 Å². The second kappa shape index (κ2) is 6.28. The molecule has 0 saturated carbocycles. The van der Waals surface area contributed by atoms with Crippen LogP contribution >= 0.6 is 0 Å². The number of piperidine rings is 1. The van der Waals surface area contributed by atoms with E-state index in [4.69, 9.17) is 4.74 Å². The van der Waals surface area contributed by atoms with E-state index in [9.17, 15) is 0 Å². The van der Waals surface area contributed by atoms with E-state index in [-0.39, 0.29) is 5.60 Å². The Morgan fingerprint density at radius 3 is 2.81 bits per heavy atom. The van der Waals surface area contributed by atoms with Crippen LogP contribution < -0.4 is 10.2 Å². The number of nitrogens with one attached hydrogen (secondary N) is 1. The molecule has 1 N–H and O–H groups in total. The second-order valence-electron chi connectivity index (χ2n) is 6.80. The predicted molar refractivity (Wildman–Crippen MR) is 83.5 cm³/mol. The maximum absolute atomic E-state index is 5.80. The van der Waals surface area contributed by atoms with Gasteiger partial charge in [0, 0.05) is 44.2 Å². The monoisotopic (exact) mass is 290 g/mol. The molecule has 116 valence electrons. The molecule has 2 aliphatic heterocycles. The zero-order chi connectivity index (χ0) is 14.7. The van der Waals surface area contributed by atoms with Crippen LogP contribution in [0.5, 0.6) is 0 Å². The Labute approximate surface area is 127 Å². The summed E-state index contributed by atoms with van der Waals surface area (Å²) in [6.07, 6.45) is 8.28. The minimum atomic E-state index is 0.00676. The molecule has 2 atom stereocenters. The molecule has 2 aliphatic rings. The SMILES string of the molecule is CC1(C)CC(NC2CCCN(c3ncccn3)C2)CCO1. The van der Waals surface area contributed by atoms with Crippen molar-refractivity contribution in [3.05, 3.63) is 18.5 Å². The van der Waals surface area contributed by atoms with Gasteiger partial charge in [0.05, 0.1) is 5.60 Å². The quantitative estimate of drug-likeness (QED) is 0.922. The molecule has 1 aromatic heterocycles. The van der Waals surface area contributed by atoms with E-state index in [0.717, 1.165) is 38.5 Å². The molecule has 2 saturated heterocycles. The van der Waals surface area contributed by atoms with Gasteiger partial charge in [0.2, 0.25) is 5.95 Å². The normalized spacial score (nSPS) is 29.3. The van der Waals surface area contributed by atoms with E-state index in [2.05, 4.69) is 34.0 Å². The number of hydrogen-bond donors (Lipinski definition) is 1. The lowest BCUT2D eigenvalue weighted by Crippen LogP contribution is -2.53. The fourth-order valence-corrected chi connectivity index (χ4v) is 3.46. The number of nitrogens with zero attached hydrogens (tertiary/aromatic N) is 3. The van der Waals surface area contributed by atoms with E-state index in [1.54, 1.807) is 0 Å². The first-order chi connectivity index (χ1) is 10.1. The Kier molecular flexibility index (Phi) is 4.40. The summed E-state index contributed by atoms with van der Waals surface area (Å²) in [7, 11) is 0. The molecule has 0 aromatic carbocycles. The highest BCUT2D eigenvalue weighted by Crippen LogP contribution is 2.25. The maximum atomic E-state index is 5.80. The van der Waals surface area contributed by atoms with Crippen LogP contribution in [0, 0.1) is 0 Å². The summed E-state index contributed by atoms with van der Waals surface area (Å²) in [5.41, 5.74) is 0.00676. The minimum absolute atomic E-state index is 0.00676. The molecule has 2 unspecified atom stereocenters. The fourth-order valence-electron chi connectivity index (χ4n) is 3.46. The smallest absolute Gasteiger partial charge is 0.225 e. The summed E-state index contributed by atoms with van der Waals surface area (Å²) in [6, 6.07) is 2.96. The van der Waals surface area contributed by atoms with Gasteiger partial charge < -0.3 is 15.0 Å². The van der Waals surface area contributed by atoms with E-state index < -0.39 is 0 Å². The van der Waals surface area contributed by atoms with Crippen LogP contribution in [0.4, 0.5) is 5.95 Å². The molecule has 3 heterocycles. The van der Waals surface area contributed by atoms with Gasteiger partial charge in [-0.05, 0) is 45.6 Å². The Bertz CT molecular complexity index is 451. The second-order valence-corrected chi connectivity index (χ2v) is 6.80. The molecular weight excluding hydrogens is 264 g/mol. The Hall–Kier alpha value is -1.20. The first-order valence-electron chi connectivity index (χ1n) is 8.04. The highest BCUT2D eigenvalue weighted by molar-refractivity contribution is 5.29. The predicted octanol–water partition coefficient (Wildman–Crippen LogP) is 1.99. The first kappa shape index (κ1) is 14.7. The summed E-state index contributed by atoms with van der Waals surface area (Å²) in [5.74, 6) is 0.858. The maximum Gasteiger partial charge on any atom is 0.225 e. The van der Waals surface area contributed by atoms with Crippen molar-refractivity contribution in [1.82, 2.24) is 15.3 Å². The summed E-state index contributed by atoms with van der Waals surface area (Å²) < 4.78 is 5.80. The minimum Gasteiger partial charge on any atom is -0.375 e. The third-order valence-corrected chi connectivity index (χ3v) is 4.42. The largest absolute Gasteiger partial charge is 0.375 e. The standard InChI is InChI=1S/C16H26N4O/c1-16(2)11-13(6-10-21-16)19-14-5-3-9-20(12-14)15-17-7-4-8-18-15/h4,7-8,13-14,19H,3,5-6,9-12H2,1-2H3. The molecule has 1 aromatic rings. The van der Waals surface area contributed by atoms with Crippen molar-refractivity contribution >= 4 is 5.95 Å². The molecule has 0 bridgehead atoms. The molecule has 5 heteroatoms. The van der Waals surface area contributed by atoms with Crippen molar-refractivity contribution in [3.8, 4) is 0 Å². The van der Waals surface area contributed by atoms with Crippen LogP contribution in [0.25, 0.3) is 0 Å². The number of aromatic nitrogens is 2. The van der Waals surface area contributed by atoms with Gasteiger partial charge in [-0.1, -0.05) is 0 Å². The first-order valence-corrected chi connectivity index (χ1v) is 8.04. The number of ether oxygens (including phenoxy) is 1. The molecule has 3 rings (SSSR count). The van der Waals surface area contributed by atoms with Crippen LogP contribution in [0.15, 0.2) is 18.5 Å². The Balaban J connectivity index is 1.56. The fraction of sp³-hybridized carbons (Fsp3) is 0.750. The van der Waals surface area contributed by atoms with Crippen molar-refractivity contribution < 1.29 is 4.74 Å². The zero-order valence-corrected chi connectivity index (χ0v) is 13.1. The van der Waals surface area contributed by atoms with Crippen molar-refractivity contribution in [2.24, 2.45) is 0 Å². The average Bonchev–Trinajstić information content (AvgIpc) is 2.47. The summed E-state index contributed by atoms with van der Waals surface area (Å²) in [5, 5.41) is 3.84. The van der Waals surface area contributed by atoms with E-state index in [0.29, 0.717) is 12.1 Å². The highest BCUT2D eigenvalue weighted by Gasteiger charge is 2.31. The van der Waals surface area contributed by atoms with Crippen LogP contribution in [0.3, 0.4) is 0 Å². The Morgan fingerprint density at radius 2 is 2.05 bits per heavy atom. The van der Waals surface area contributed by atoms with Gasteiger partial charge in [-0.3, -0.25) is 0 Å². The molecule has 0 amide bonds. The van der Waals surface area contributed by atoms with Crippen LogP contribution in [-0.4, -0.2) is 47.3 Å². The zero-order valence-electron chi connectivity index (χ0n) is 13.1. The van der Waals surface area contributed by atoms with Crippen LogP contribution in [0.2, 0.25) is 0 Å². The van der Waals surface area contributed by atoms with Gasteiger partial charge in [0.25, 0.3) is 0 Å².